The highest BCUT2D eigenvalue weighted by molar-refractivity contribution is 5.89. The summed E-state index contributed by atoms with van der Waals surface area (Å²) in [5.41, 5.74) is 4.47. The molecule has 0 spiro atoms. The van der Waals surface area contributed by atoms with Gasteiger partial charge in [-0.2, -0.15) is 0 Å². The Labute approximate surface area is 172 Å². The summed E-state index contributed by atoms with van der Waals surface area (Å²) in [6, 6.07) is 16.4. The molecule has 5 heteroatoms. The van der Waals surface area contributed by atoms with E-state index in [0.29, 0.717) is 5.92 Å². The van der Waals surface area contributed by atoms with Crippen LogP contribution in [0.4, 0.5) is 10.5 Å². The van der Waals surface area contributed by atoms with Crippen molar-refractivity contribution in [1.82, 2.24) is 14.5 Å². The molecule has 0 unspecified atom stereocenters. The predicted molar refractivity (Wildman–Crippen MR) is 118 cm³/mol. The molecule has 0 bridgehead atoms. The van der Waals surface area contributed by atoms with Crippen molar-refractivity contribution in [2.45, 2.75) is 45.6 Å². The number of para-hydroxylation sites is 2. The average Bonchev–Trinajstić information content (AvgIpc) is 3.11. The Balaban J connectivity index is 1.30. The molecule has 3 aromatic rings. The number of imidazole rings is 1. The first-order valence-corrected chi connectivity index (χ1v) is 10.5. The van der Waals surface area contributed by atoms with Gasteiger partial charge in [0.15, 0.2) is 0 Å². The van der Waals surface area contributed by atoms with Gasteiger partial charge in [0.2, 0.25) is 0 Å². The lowest BCUT2D eigenvalue weighted by atomic mass is 9.87. The number of likely N-dealkylation sites (tertiary alicyclic amines) is 1. The number of amides is 2. The number of carbonyl (C=O) groups excluding carboxylic acids is 1. The first-order chi connectivity index (χ1) is 13.9. The fraction of sp³-hybridized carbons (Fsp3) is 0.417. The van der Waals surface area contributed by atoms with E-state index in [9.17, 15) is 4.79 Å². The molecule has 1 aliphatic rings. The van der Waals surface area contributed by atoms with Crippen LogP contribution in [0.15, 0.2) is 54.9 Å². The molecule has 152 valence electrons. The summed E-state index contributed by atoms with van der Waals surface area (Å²) < 4.78 is 2.24. The van der Waals surface area contributed by atoms with E-state index in [2.05, 4.69) is 59.9 Å². The van der Waals surface area contributed by atoms with Crippen LogP contribution in [0.5, 0.6) is 0 Å². The van der Waals surface area contributed by atoms with Gasteiger partial charge >= 0.3 is 6.03 Å². The largest absolute Gasteiger partial charge is 0.330 e. The first-order valence-electron chi connectivity index (χ1n) is 10.5. The fourth-order valence-corrected chi connectivity index (χ4v) is 4.01. The van der Waals surface area contributed by atoms with Crippen LogP contribution in [0.1, 0.15) is 39.2 Å². The number of urea groups is 1. The van der Waals surface area contributed by atoms with Crippen molar-refractivity contribution in [3.63, 3.8) is 0 Å². The van der Waals surface area contributed by atoms with Gasteiger partial charge in [0.05, 0.1) is 17.4 Å². The number of hydrogen-bond donors (Lipinski definition) is 1. The summed E-state index contributed by atoms with van der Waals surface area (Å²) in [5, 5.41) is 3.05. The minimum Gasteiger partial charge on any atom is -0.330 e. The number of piperidine rings is 1. The summed E-state index contributed by atoms with van der Waals surface area (Å²) in [5.74, 6) is 0.572. The Morgan fingerprint density at radius 2 is 1.76 bits per heavy atom. The second-order valence-corrected chi connectivity index (χ2v) is 9.07. The molecule has 2 heterocycles. The number of nitrogens with zero attached hydrogens (tertiary/aromatic N) is 3. The summed E-state index contributed by atoms with van der Waals surface area (Å²) in [6.45, 7) is 9.13. The van der Waals surface area contributed by atoms with Crippen LogP contribution in [0.25, 0.3) is 11.0 Å². The van der Waals surface area contributed by atoms with Gasteiger partial charge in [-0.1, -0.05) is 45.0 Å². The van der Waals surface area contributed by atoms with Gasteiger partial charge in [-0.15, -0.1) is 0 Å². The maximum absolute atomic E-state index is 12.6. The molecular weight excluding hydrogens is 360 g/mol. The van der Waals surface area contributed by atoms with Crippen molar-refractivity contribution in [3.05, 3.63) is 60.4 Å². The van der Waals surface area contributed by atoms with Crippen LogP contribution in [-0.4, -0.2) is 33.6 Å². The monoisotopic (exact) mass is 390 g/mol. The molecule has 5 nitrogen and oxygen atoms in total. The number of aromatic nitrogens is 2. The molecule has 1 N–H and O–H groups in total. The predicted octanol–water partition coefficient (Wildman–Crippen LogP) is 5.28. The van der Waals surface area contributed by atoms with E-state index in [4.69, 9.17) is 0 Å². The molecule has 1 aliphatic heterocycles. The van der Waals surface area contributed by atoms with Crippen molar-refractivity contribution < 1.29 is 4.79 Å². The summed E-state index contributed by atoms with van der Waals surface area (Å²) >= 11 is 0. The van der Waals surface area contributed by atoms with Crippen LogP contribution in [0.2, 0.25) is 0 Å². The Hall–Kier alpha value is -2.82. The summed E-state index contributed by atoms with van der Waals surface area (Å²) in [6.07, 6.45) is 3.97. The van der Waals surface area contributed by atoms with E-state index in [1.807, 2.05) is 35.5 Å². The van der Waals surface area contributed by atoms with Crippen molar-refractivity contribution >= 4 is 22.8 Å². The van der Waals surface area contributed by atoms with E-state index < -0.39 is 0 Å². The molecule has 29 heavy (non-hydrogen) atoms. The van der Waals surface area contributed by atoms with Crippen LogP contribution in [0.3, 0.4) is 0 Å². The number of anilines is 1. The molecule has 0 saturated carbocycles. The van der Waals surface area contributed by atoms with Crippen LogP contribution < -0.4 is 5.32 Å². The fourth-order valence-electron chi connectivity index (χ4n) is 4.01. The lowest BCUT2D eigenvalue weighted by molar-refractivity contribution is 0.177. The second kappa shape index (κ2) is 7.90. The normalized spacial score (nSPS) is 15.6. The number of hydrogen-bond acceptors (Lipinski definition) is 2. The number of benzene rings is 2. The number of fused-ring (bicyclic) bond motifs is 1. The molecule has 0 aliphatic carbocycles. The Morgan fingerprint density at radius 1 is 1.07 bits per heavy atom. The van der Waals surface area contributed by atoms with Crippen LogP contribution >= 0.6 is 0 Å². The van der Waals surface area contributed by atoms with Gasteiger partial charge < -0.3 is 14.8 Å². The minimum absolute atomic E-state index is 0.0000364. The zero-order chi connectivity index (χ0) is 20.4. The highest BCUT2D eigenvalue weighted by atomic mass is 16.2. The van der Waals surface area contributed by atoms with Crippen molar-refractivity contribution in [2.75, 3.05) is 18.4 Å². The summed E-state index contributed by atoms with van der Waals surface area (Å²) in [4.78, 5) is 19.1. The van der Waals surface area contributed by atoms with E-state index in [-0.39, 0.29) is 11.4 Å². The number of nitrogens with one attached hydrogen (secondary N) is 1. The molecule has 2 aromatic carbocycles. The van der Waals surface area contributed by atoms with Crippen LogP contribution in [0, 0.1) is 5.92 Å². The third kappa shape index (κ3) is 4.44. The maximum Gasteiger partial charge on any atom is 0.321 e. The van der Waals surface area contributed by atoms with Gasteiger partial charge in [-0.3, -0.25) is 0 Å². The Bertz CT molecular complexity index is 976. The number of rotatable bonds is 3. The molecule has 1 saturated heterocycles. The van der Waals surface area contributed by atoms with Crippen molar-refractivity contribution in [1.29, 1.82) is 0 Å². The SMILES string of the molecule is CC(C)(C)c1ccc(NC(=O)N2CCC(Cn3cnc4ccccc43)CC2)cc1. The van der Waals surface area contributed by atoms with Crippen LogP contribution in [-0.2, 0) is 12.0 Å². The second-order valence-electron chi connectivity index (χ2n) is 9.07. The summed E-state index contributed by atoms with van der Waals surface area (Å²) in [7, 11) is 0. The third-order valence-electron chi connectivity index (χ3n) is 5.89. The van der Waals surface area contributed by atoms with E-state index in [1.54, 1.807) is 0 Å². The lowest BCUT2D eigenvalue weighted by Gasteiger charge is -2.32. The maximum atomic E-state index is 12.6. The molecule has 0 radical (unpaired) electrons. The standard InChI is InChI=1S/C24H30N4O/c1-24(2,3)19-8-10-20(11-9-19)26-23(29)27-14-12-18(13-15-27)16-28-17-25-21-6-4-5-7-22(21)28/h4-11,17-18H,12-16H2,1-3H3,(H,26,29). The molecule has 1 aromatic heterocycles. The highest BCUT2D eigenvalue weighted by Crippen LogP contribution is 2.25. The Morgan fingerprint density at radius 3 is 2.45 bits per heavy atom. The molecular formula is C24H30N4O. The number of carbonyl (C=O) groups is 1. The van der Waals surface area contributed by atoms with E-state index in [0.717, 1.165) is 43.7 Å². The van der Waals surface area contributed by atoms with E-state index >= 15 is 0 Å². The topological polar surface area (TPSA) is 50.2 Å². The molecule has 1 fully saturated rings. The minimum atomic E-state index is 0.0000364. The van der Waals surface area contributed by atoms with Gasteiger partial charge in [0.1, 0.15) is 0 Å². The zero-order valence-electron chi connectivity index (χ0n) is 17.6. The van der Waals surface area contributed by atoms with Crippen molar-refractivity contribution in [2.24, 2.45) is 5.92 Å². The van der Waals surface area contributed by atoms with Gasteiger partial charge in [-0.25, -0.2) is 9.78 Å². The smallest absolute Gasteiger partial charge is 0.321 e. The third-order valence-corrected chi connectivity index (χ3v) is 5.89. The molecule has 2 amide bonds. The highest BCUT2D eigenvalue weighted by Gasteiger charge is 2.23. The van der Waals surface area contributed by atoms with Gasteiger partial charge in [-0.05, 0) is 54.0 Å². The zero-order valence-corrected chi connectivity index (χ0v) is 17.6. The van der Waals surface area contributed by atoms with Crippen molar-refractivity contribution in [3.8, 4) is 0 Å². The van der Waals surface area contributed by atoms with Gasteiger partial charge in [0.25, 0.3) is 0 Å². The molecule has 0 atom stereocenters. The average molecular weight is 391 g/mol. The van der Waals surface area contributed by atoms with Gasteiger partial charge in [0, 0.05) is 25.3 Å². The lowest BCUT2D eigenvalue weighted by Crippen LogP contribution is -2.41. The van der Waals surface area contributed by atoms with E-state index in [1.165, 1.54) is 11.1 Å². The quantitative estimate of drug-likeness (QED) is 0.662. The first kappa shape index (κ1) is 19.5. The Kier molecular flexibility index (Phi) is 5.31. The molecule has 4 rings (SSSR count).